The van der Waals surface area contributed by atoms with E-state index in [9.17, 15) is 8.42 Å². The van der Waals surface area contributed by atoms with Crippen molar-refractivity contribution in [1.29, 1.82) is 0 Å². The maximum Gasteiger partial charge on any atom is 0.147 e. The highest BCUT2D eigenvalue weighted by atomic mass is 32.2. The molecule has 2 rings (SSSR count). The number of nitrogens with zero attached hydrogens (tertiary/aromatic N) is 1. The number of nitrogens with one attached hydrogen (secondary N) is 1. The first kappa shape index (κ1) is 17.2. The van der Waals surface area contributed by atoms with E-state index in [2.05, 4.69) is 31.0 Å². The summed E-state index contributed by atoms with van der Waals surface area (Å²) in [7, 11) is -2.84. The molecule has 0 aromatic rings. The molecule has 5 heteroatoms. The minimum absolute atomic E-state index is 0.235. The van der Waals surface area contributed by atoms with Crippen molar-refractivity contribution >= 4 is 9.84 Å². The Labute approximate surface area is 130 Å². The maximum atomic E-state index is 11.3. The van der Waals surface area contributed by atoms with E-state index >= 15 is 0 Å². The minimum atomic E-state index is -2.84. The Bertz CT molecular complexity index is 445. The van der Waals surface area contributed by atoms with Gasteiger partial charge in [-0.15, -0.1) is 0 Å². The summed E-state index contributed by atoms with van der Waals surface area (Å²) in [5.74, 6) is 1.81. The number of piperazine rings is 1. The number of hydrogen-bond acceptors (Lipinski definition) is 4. The molecule has 21 heavy (non-hydrogen) atoms. The van der Waals surface area contributed by atoms with Gasteiger partial charge in [0.25, 0.3) is 0 Å². The summed E-state index contributed by atoms with van der Waals surface area (Å²) < 4.78 is 22.7. The lowest BCUT2D eigenvalue weighted by Gasteiger charge is -2.47. The van der Waals surface area contributed by atoms with Gasteiger partial charge in [0.15, 0.2) is 0 Å². The highest BCUT2D eigenvalue weighted by Crippen LogP contribution is 2.41. The molecule has 0 radical (unpaired) electrons. The molecule has 2 aliphatic rings. The Morgan fingerprint density at radius 2 is 2.00 bits per heavy atom. The highest BCUT2D eigenvalue weighted by Gasteiger charge is 2.45. The summed E-state index contributed by atoms with van der Waals surface area (Å²) in [5, 5.41) is 3.79. The molecule has 1 saturated carbocycles. The fourth-order valence-electron chi connectivity index (χ4n) is 3.65. The van der Waals surface area contributed by atoms with Crippen LogP contribution in [-0.4, -0.2) is 56.5 Å². The summed E-state index contributed by atoms with van der Waals surface area (Å²) in [6.45, 7) is 9.91. The second kappa shape index (κ2) is 6.55. The third kappa shape index (κ3) is 5.22. The molecule has 1 aliphatic heterocycles. The van der Waals surface area contributed by atoms with Gasteiger partial charge in [-0.1, -0.05) is 13.8 Å². The molecule has 1 heterocycles. The van der Waals surface area contributed by atoms with Crippen LogP contribution in [0.1, 0.15) is 46.5 Å². The van der Waals surface area contributed by atoms with Gasteiger partial charge in [0.1, 0.15) is 9.84 Å². The predicted molar refractivity (Wildman–Crippen MR) is 88.3 cm³/mol. The number of rotatable bonds is 7. The van der Waals surface area contributed by atoms with Crippen molar-refractivity contribution in [2.45, 2.75) is 58.0 Å². The quantitative estimate of drug-likeness (QED) is 0.779. The first-order valence-corrected chi connectivity index (χ1v) is 10.4. The van der Waals surface area contributed by atoms with Gasteiger partial charge >= 0.3 is 0 Å². The third-order valence-electron chi connectivity index (χ3n) is 4.97. The lowest BCUT2D eigenvalue weighted by atomic mass is 9.88. The smallest absolute Gasteiger partial charge is 0.147 e. The van der Waals surface area contributed by atoms with Crippen LogP contribution in [0.4, 0.5) is 0 Å². The molecule has 2 fully saturated rings. The SMILES string of the molecule is CC(C)CC1CNC(C)(C2CC2)CN1CCCS(C)(=O)=O. The average Bonchev–Trinajstić information content (AvgIpc) is 3.15. The zero-order valence-corrected chi connectivity index (χ0v) is 14.9. The fourth-order valence-corrected chi connectivity index (χ4v) is 4.30. The van der Waals surface area contributed by atoms with E-state index in [0.717, 1.165) is 32.0 Å². The third-order valence-corrected chi connectivity index (χ3v) is 6.00. The number of sulfone groups is 1. The van der Waals surface area contributed by atoms with Crippen LogP contribution in [0.2, 0.25) is 0 Å². The summed E-state index contributed by atoms with van der Waals surface area (Å²) >= 11 is 0. The van der Waals surface area contributed by atoms with Crippen LogP contribution in [0.5, 0.6) is 0 Å². The Morgan fingerprint density at radius 3 is 2.52 bits per heavy atom. The van der Waals surface area contributed by atoms with E-state index in [-0.39, 0.29) is 5.54 Å². The van der Waals surface area contributed by atoms with Crippen LogP contribution >= 0.6 is 0 Å². The lowest BCUT2D eigenvalue weighted by Crippen LogP contribution is -2.64. The molecule has 0 aromatic carbocycles. The largest absolute Gasteiger partial charge is 0.308 e. The van der Waals surface area contributed by atoms with Crippen LogP contribution in [0.3, 0.4) is 0 Å². The summed E-state index contributed by atoms with van der Waals surface area (Å²) in [4.78, 5) is 2.56. The van der Waals surface area contributed by atoms with Gasteiger partial charge in [0.05, 0.1) is 5.75 Å². The van der Waals surface area contributed by atoms with Gasteiger partial charge in [-0.2, -0.15) is 0 Å². The molecule has 0 aromatic heterocycles. The van der Waals surface area contributed by atoms with Crippen LogP contribution in [0, 0.1) is 11.8 Å². The first-order valence-electron chi connectivity index (χ1n) is 8.36. The van der Waals surface area contributed by atoms with Crippen LogP contribution in [0.25, 0.3) is 0 Å². The Morgan fingerprint density at radius 1 is 1.33 bits per heavy atom. The van der Waals surface area contributed by atoms with Crippen LogP contribution < -0.4 is 5.32 Å². The van der Waals surface area contributed by atoms with E-state index < -0.39 is 9.84 Å². The van der Waals surface area contributed by atoms with Gasteiger partial charge in [0.2, 0.25) is 0 Å². The molecule has 1 aliphatic carbocycles. The van der Waals surface area contributed by atoms with E-state index in [4.69, 9.17) is 0 Å². The van der Waals surface area contributed by atoms with E-state index in [0.29, 0.717) is 17.7 Å². The molecule has 1 saturated heterocycles. The molecule has 0 amide bonds. The van der Waals surface area contributed by atoms with Crippen molar-refractivity contribution in [3.63, 3.8) is 0 Å². The highest BCUT2D eigenvalue weighted by molar-refractivity contribution is 7.90. The van der Waals surface area contributed by atoms with Gasteiger partial charge in [0, 0.05) is 30.9 Å². The van der Waals surface area contributed by atoms with Crippen molar-refractivity contribution in [2.24, 2.45) is 11.8 Å². The predicted octanol–water partition coefficient (Wildman–Crippen LogP) is 1.91. The molecule has 0 bridgehead atoms. The standard InChI is InChI=1S/C16H32N2O2S/c1-13(2)10-15-11-17-16(3,14-6-7-14)12-18(15)8-5-9-21(4,19)20/h13-15,17H,5-12H2,1-4H3. The van der Waals surface area contributed by atoms with Gasteiger partial charge in [-0.05, 0) is 51.0 Å². The van der Waals surface area contributed by atoms with E-state index in [1.54, 1.807) is 0 Å². The maximum absolute atomic E-state index is 11.3. The van der Waals surface area contributed by atoms with Crippen LogP contribution in [-0.2, 0) is 9.84 Å². The fraction of sp³-hybridized carbons (Fsp3) is 1.00. The number of hydrogen-bond donors (Lipinski definition) is 1. The van der Waals surface area contributed by atoms with Crippen LogP contribution in [0.15, 0.2) is 0 Å². The summed E-state index contributed by atoms with van der Waals surface area (Å²) in [5.41, 5.74) is 0.235. The molecular formula is C16H32N2O2S. The molecular weight excluding hydrogens is 284 g/mol. The average molecular weight is 317 g/mol. The van der Waals surface area contributed by atoms with Crippen molar-refractivity contribution in [2.75, 3.05) is 31.6 Å². The molecule has 124 valence electrons. The zero-order valence-electron chi connectivity index (χ0n) is 14.1. The van der Waals surface area contributed by atoms with Crippen molar-refractivity contribution < 1.29 is 8.42 Å². The van der Waals surface area contributed by atoms with E-state index in [1.165, 1.54) is 25.5 Å². The first-order chi connectivity index (χ1) is 9.70. The minimum Gasteiger partial charge on any atom is -0.308 e. The monoisotopic (exact) mass is 316 g/mol. The Kier molecular flexibility index (Phi) is 5.37. The molecule has 1 N–H and O–H groups in total. The van der Waals surface area contributed by atoms with Gasteiger partial charge in [-0.25, -0.2) is 8.42 Å². The Hall–Kier alpha value is -0.130. The topological polar surface area (TPSA) is 49.4 Å². The molecule has 0 spiro atoms. The molecule has 2 atom stereocenters. The normalized spacial score (nSPS) is 31.8. The van der Waals surface area contributed by atoms with Crippen molar-refractivity contribution in [3.8, 4) is 0 Å². The lowest BCUT2D eigenvalue weighted by molar-refractivity contribution is 0.0647. The summed E-state index contributed by atoms with van der Waals surface area (Å²) in [6.07, 6.45) is 5.97. The summed E-state index contributed by atoms with van der Waals surface area (Å²) in [6, 6.07) is 0.552. The van der Waals surface area contributed by atoms with Gasteiger partial charge in [-0.3, -0.25) is 4.90 Å². The van der Waals surface area contributed by atoms with Crippen molar-refractivity contribution in [3.05, 3.63) is 0 Å². The van der Waals surface area contributed by atoms with E-state index in [1.807, 2.05) is 0 Å². The Balaban J connectivity index is 1.95. The van der Waals surface area contributed by atoms with Gasteiger partial charge < -0.3 is 5.32 Å². The van der Waals surface area contributed by atoms with Crippen molar-refractivity contribution in [1.82, 2.24) is 10.2 Å². The molecule has 4 nitrogen and oxygen atoms in total. The molecule has 2 unspecified atom stereocenters. The zero-order chi connectivity index (χ0) is 15.7. The second-order valence-electron chi connectivity index (χ2n) is 7.81. The second-order valence-corrected chi connectivity index (χ2v) is 10.1.